The van der Waals surface area contributed by atoms with Gasteiger partial charge in [0.2, 0.25) is 11.8 Å². The summed E-state index contributed by atoms with van der Waals surface area (Å²) in [7, 11) is 0. The lowest BCUT2D eigenvalue weighted by molar-refractivity contribution is -0.121. The molecule has 0 bridgehead atoms. The summed E-state index contributed by atoms with van der Waals surface area (Å²) in [6.45, 7) is 4.71. The zero-order chi connectivity index (χ0) is 21.3. The summed E-state index contributed by atoms with van der Waals surface area (Å²) in [5.74, 6) is 0.463. The van der Waals surface area contributed by atoms with E-state index in [1.165, 1.54) is 0 Å². The highest BCUT2D eigenvalue weighted by atomic mass is 16.2. The van der Waals surface area contributed by atoms with Crippen LogP contribution in [0.2, 0.25) is 0 Å². The molecule has 1 aromatic heterocycles. The van der Waals surface area contributed by atoms with Crippen molar-refractivity contribution in [1.82, 2.24) is 15.1 Å². The van der Waals surface area contributed by atoms with E-state index in [2.05, 4.69) is 10.6 Å². The van der Waals surface area contributed by atoms with Gasteiger partial charge < -0.3 is 10.6 Å². The quantitative estimate of drug-likeness (QED) is 0.552. The molecule has 0 saturated heterocycles. The lowest BCUT2D eigenvalue weighted by Gasteiger charge is -2.09. The summed E-state index contributed by atoms with van der Waals surface area (Å²) in [6, 6.07) is 19.7. The van der Waals surface area contributed by atoms with Gasteiger partial charge in [-0.25, -0.2) is 4.68 Å². The smallest absolute Gasteiger partial charge is 0.225 e. The highest BCUT2D eigenvalue weighted by molar-refractivity contribution is 5.91. The fourth-order valence-electron chi connectivity index (χ4n) is 3.07. The van der Waals surface area contributed by atoms with Gasteiger partial charge in [-0.2, -0.15) is 5.10 Å². The van der Waals surface area contributed by atoms with Crippen molar-refractivity contribution in [3.63, 3.8) is 0 Å². The summed E-state index contributed by atoms with van der Waals surface area (Å²) < 4.78 is 1.74. The van der Waals surface area contributed by atoms with E-state index in [0.29, 0.717) is 25.2 Å². The highest BCUT2D eigenvalue weighted by Crippen LogP contribution is 2.25. The summed E-state index contributed by atoms with van der Waals surface area (Å²) in [4.78, 5) is 24.2. The molecule has 0 atom stereocenters. The maximum absolute atomic E-state index is 12.5. The van der Waals surface area contributed by atoms with Crippen molar-refractivity contribution < 1.29 is 9.59 Å². The van der Waals surface area contributed by atoms with Crippen LogP contribution in [0.25, 0.3) is 16.9 Å². The van der Waals surface area contributed by atoms with Gasteiger partial charge in [-0.3, -0.25) is 9.59 Å². The molecular weight excluding hydrogens is 376 g/mol. The minimum Gasteiger partial charge on any atom is -0.356 e. The summed E-state index contributed by atoms with van der Waals surface area (Å²) in [6.07, 6.45) is 2.03. The third-order valence-electron chi connectivity index (χ3n) is 4.70. The van der Waals surface area contributed by atoms with Gasteiger partial charge in [0.25, 0.3) is 0 Å². The van der Waals surface area contributed by atoms with Gasteiger partial charge in [0, 0.05) is 31.0 Å². The monoisotopic (exact) mass is 404 g/mol. The second-order valence-corrected chi connectivity index (χ2v) is 7.28. The van der Waals surface area contributed by atoms with Crippen LogP contribution in [-0.2, 0) is 9.59 Å². The molecule has 0 aliphatic heterocycles. The number of amides is 2. The number of hydrogen-bond donors (Lipinski definition) is 2. The molecule has 0 fully saturated rings. The van der Waals surface area contributed by atoms with E-state index in [1.54, 1.807) is 4.68 Å². The molecule has 3 rings (SSSR count). The van der Waals surface area contributed by atoms with E-state index in [4.69, 9.17) is 5.10 Å². The normalized spacial score (nSPS) is 10.6. The minimum atomic E-state index is -0.133. The van der Waals surface area contributed by atoms with E-state index >= 15 is 0 Å². The van der Waals surface area contributed by atoms with Crippen LogP contribution in [-0.4, -0.2) is 28.1 Å². The number of hydrogen-bond acceptors (Lipinski definition) is 3. The molecule has 30 heavy (non-hydrogen) atoms. The van der Waals surface area contributed by atoms with Crippen molar-refractivity contribution in [1.29, 1.82) is 0 Å². The van der Waals surface area contributed by atoms with Gasteiger partial charge in [0.1, 0.15) is 5.82 Å². The standard InChI is InChI=1S/C24H28N4O2/c1-3-16-25-23(29)10-7-11-24(30)26-22-17-21(19-8-5-4-6-9-19)27-28(22)20-14-12-18(2)13-15-20/h4-6,8-9,12-15,17H,3,7,10-11,16H2,1-2H3,(H,25,29)(H,26,30). The Labute approximate surface area is 177 Å². The molecule has 0 spiro atoms. The Hall–Kier alpha value is -3.41. The topological polar surface area (TPSA) is 76.0 Å². The van der Waals surface area contributed by atoms with Gasteiger partial charge in [0.05, 0.1) is 11.4 Å². The van der Waals surface area contributed by atoms with E-state index in [-0.39, 0.29) is 18.2 Å². The molecule has 0 saturated carbocycles. The van der Waals surface area contributed by atoms with Gasteiger partial charge in [-0.15, -0.1) is 0 Å². The average Bonchev–Trinajstić information content (AvgIpc) is 3.17. The second-order valence-electron chi connectivity index (χ2n) is 7.28. The average molecular weight is 405 g/mol. The predicted octanol–water partition coefficient (Wildman–Crippen LogP) is 4.48. The third-order valence-corrected chi connectivity index (χ3v) is 4.70. The molecule has 0 aliphatic carbocycles. The molecule has 0 unspecified atom stereocenters. The maximum atomic E-state index is 12.5. The van der Waals surface area contributed by atoms with Crippen LogP contribution >= 0.6 is 0 Å². The number of aromatic nitrogens is 2. The van der Waals surface area contributed by atoms with Crippen molar-refractivity contribution >= 4 is 17.6 Å². The molecule has 2 N–H and O–H groups in total. The molecular formula is C24H28N4O2. The van der Waals surface area contributed by atoms with Crippen LogP contribution in [0.3, 0.4) is 0 Å². The number of aryl methyl sites for hydroxylation is 1. The van der Waals surface area contributed by atoms with Crippen LogP contribution in [0.4, 0.5) is 5.82 Å². The first-order valence-corrected chi connectivity index (χ1v) is 10.4. The molecule has 1 heterocycles. The Kier molecular flexibility index (Phi) is 7.38. The fraction of sp³-hybridized carbons (Fsp3) is 0.292. The van der Waals surface area contributed by atoms with Gasteiger partial charge in [-0.05, 0) is 31.9 Å². The molecule has 0 aliphatic rings. The molecule has 0 radical (unpaired) electrons. The van der Waals surface area contributed by atoms with Crippen LogP contribution in [0.1, 0.15) is 38.2 Å². The van der Waals surface area contributed by atoms with Gasteiger partial charge >= 0.3 is 0 Å². The Morgan fingerprint density at radius 3 is 2.37 bits per heavy atom. The first-order chi connectivity index (χ1) is 14.6. The van der Waals surface area contributed by atoms with Crippen LogP contribution in [0, 0.1) is 6.92 Å². The zero-order valence-electron chi connectivity index (χ0n) is 17.5. The first kappa shape index (κ1) is 21.3. The van der Waals surface area contributed by atoms with Gasteiger partial charge in [0.15, 0.2) is 0 Å². The summed E-state index contributed by atoms with van der Waals surface area (Å²) >= 11 is 0. The lowest BCUT2D eigenvalue weighted by Crippen LogP contribution is -2.24. The zero-order valence-corrected chi connectivity index (χ0v) is 17.5. The molecule has 3 aromatic rings. The maximum Gasteiger partial charge on any atom is 0.225 e. The van der Waals surface area contributed by atoms with Gasteiger partial charge in [-0.1, -0.05) is 55.0 Å². The Bertz CT molecular complexity index is 978. The number of nitrogens with zero attached hydrogens (tertiary/aromatic N) is 2. The number of carbonyl (C=O) groups is 2. The van der Waals surface area contributed by atoms with Crippen LogP contribution < -0.4 is 10.6 Å². The Morgan fingerprint density at radius 1 is 0.967 bits per heavy atom. The lowest BCUT2D eigenvalue weighted by atomic mass is 10.1. The SMILES string of the molecule is CCCNC(=O)CCCC(=O)Nc1cc(-c2ccccc2)nn1-c1ccc(C)cc1. The summed E-state index contributed by atoms with van der Waals surface area (Å²) in [5.41, 5.74) is 3.79. The summed E-state index contributed by atoms with van der Waals surface area (Å²) in [5, 5.41) is 10.5. The number of rotatable bonds is 9. The van der Waals surface area contributed by atoms with E-state index in [1.807, 2.05) is 74.5 Å². The van der Waals surface area contributed by atoms with Crippen molar-refractivity contribution in [2.75, 3.05) is 11.9 Å². The second kappa shape index (κ2) is 10.4. The molecule has 2 aromatic carbocycles. The third kappa shape index (κ3) is 5.80. The van der Waals surface area contributed by atoms with Crippen LogP contribution in [0.5, 0.6) is 0 Å². The molecule has 6 heteroatoms. The van der Waals surface area contributed by atoms with Crippen molar-refractivity contribution in [2.45, 2.75) is 39.5 Å². The van der Waals surface area contributed by atoms with Crippen molar-refractivity contribution in [2.24, 2.45) is 0 Å². The van der Waals surface area contributed by atoms with Crippen molar-refractivity contribution in [3.8, 4) is 16.9 Å². The number of carbonyl (C=O) groups excluding carboxylic acids is 2. The fourth-order valence-corrected chi connectivity index (χ4v) is 3.07. The molecule has 2 amide bonds. The predicted molar refractivity (Wildman–Crippen MR) is 120 cm³/mol. The first-order valence-electron chi connectivity index (χ1n) is 10.4. The van der Waals surface area contributed by atoms with E-state index < -0.39 is 0 Å². The number of anilines is 1. The minimum absolute atomic E-state index is 0.0132. The number of benzene rings is 2. The van der Waals surface area contributed by atoms with E-state index in [0.717, 1.165) is 28.9 Å². The Balaban J connectivity index is 1.74. The Morgan fingerprint density at radius 2 is 1.67 bits per heavy atom. The molecule has 156 valence electrons. The van der Waals surface area contributed by atoms with Crippen molar-refractivity contribution in [3.05, 3.63) is 66.2 Å². The van der Waals surface area contributed by atoms with E-state index in [9.17, 15) is 9.59 Å². The molecule has 6 nitrogen and oxygen atoms in total. The number of nitrogens with one attached hydrogen (secondary N) is 2. The highest BCUT2D eigenvalue weighted by Gasteiger charge is 2.14. The van der Waals surface area contributed by atoms with Crippen LogP contribution in [0.15, 0.2) is 60.7 Å². The largest absolute Gasteiger partial charge is 0.356 e.